The molecule has 0 aliphatic rings. The molecule has 88 valence electrons. The lowest BCUT2D eigenvalue weighted by Gasteiger charge is -2.05. The molecule has 2 aromatic rings. The van der Waals surface area contributed by atoms with Crippen LogP contribution in [-0.2, 0) is 0 Å². The molecular weight excluding hydrogens is 261 g/mol. The third-order valence-electron chi connectivity index (χ3n) is 2.43. The van der Waals surface area contributed by atoms with E-state index in [0.717, 1.165) is 0 Å². The Morgan fingerprint density at radius 2 is 2.00 bits per heavy atom. The predicted molar refractivity (Wildman–Crippen MR) is 67.6 cm³/mol. The van der Waals surface area contributed by atoms with E-state index >= 15 is 0 Å². The van der Waals surface area contributed by atoms with Gasteiger partial charge in [-0.3, -0.25) is 4.79 Å². The molecule has 0 bridgehead atoms. The van der Waals surface area contributed by atoms with Gasteiger partial charge in [-0.15, -0.1) is 0 Å². The SMILES string of the molecule is Cc1nc(-c2ncc(Cl)cc2Cl)[nH]c(=O)c1C. The van der Waals surface area contributed by atoms with Gasteiger partial charge in [0.1, 0.15) is 5.69 Å². The van der Waals surface area contributed by atoms with Crippen molar-refractivity contribution in [1.82, 2.24) is 15.0 Å². The Balaban J connectivity index is 2.65. The summed E-state index contributed by atoms with van der Waals surface area (Å²) >= 11 is 11.8. The van der Waals surface area contributed by atoms with Crippen LogP contribution in [0.3, 0.4) is 0 Å². The number of pyridine rings is 1. The van der Waals surface area contributed by atoms with Crippen LogP contribution in [0.25, 0.3) is 11.5 Å². The van der Waals surface area contributed by atoms with Gasteiger partial charge in [-0.05, 0) is 19.9 Å². The Bertz CT molecular complexity index is 637. The largest absolute Gasteiger partial charge is 0.305 e. The molecule has 0 unspecified atom stereocenters. The number of rotatable bonds is 1. The van der Waals surface area contributed by atoms with E-state index < -0.39 is 0 Å². The lowest BCUT2D eigenvalue weighted by molar-refractivity contribution is 1.02. The quantitative estimate of drug-likeness (QED) is 0.866. The van der Waals surface area contributed by atoms with Crippen molar-refractivity contribution in [3.63, 3.8) is 0 Å². The summed E-state index contributed by atoms with van der Waals surface area (Å²) in [6, 6.07) is 1.56. The van der Waals surface area contributed by atoms with E-state index in [1.165, 1.54) is 6.20 Å². The van der Waals surface area contributed by atoms with Gasteiger partial charge < -0.3 is 4.98 Å². The number of aromatic amines is 1. The van der Waals surface area contributed by atoms with Crippen LogP contribution in [0.15, 0.2) is 17.1 Å². The summed E-state index contributed by atoms with van der Waals surface area (Å²) in [5, 5.41) is 0.786. The lowest BCUT2D eigenvalue weighted by atomic mass is 10.2. The van der Waals surface area contributed by atoms with E-state index in [4.69, 9.17) is 23.2 Å². The molecule has 0 aliphatic carbocycles. The van der Waals surface area contributed by atoms with E-state index in [1.54, 1.807) is 19.9 Å². The fourth-order valence-corrected chi connectivity index (χ4v) is 1.82. The molecule has 0 amide bonds. The number of aryl methyl sites for hydroxylation is 1. The minimum Gasteiger partial charge on any atom is -0.305 e. The first kappa shape index (κ1) is 12.1. The Morgan fingerprint density at radius 3 is 2.59 bits per heavy atom. The van der Waals surface area contributed by atoms with E-state index in [-0.39, 0.29) is 5.56 Å². The van der Waals surface area contributed by atoms with Crippen molar-refractivity contribution < 1.29 is 0 Å². The van der Waals surface area contributed by atoms with Crippen molar-refractivity contribution in [3.05, 3.63) is 43.9 Å². The second-order valence-electron chi connectivity index (χ2n) is 3.61. The number of H-pyrrole nitrogens is 1. The lowest BCUT2D eigenvalue weighted by Crippen LogP contribution is -2.14. The maximum Gasteiger partial charge on any atom is 0.254 e. The minimum absolute atomic E-state index is 0.194. The normalized spacial score (nSPS) is 10.6. The van der Waals surface area contributed by atoms with Crippen LogP contribution in [-0.4, -0.2) is 15.0 Å². The predicted octanol–water partition coefficient (Wildman–Crippen LogP) is 2.76. The summed E-state index contributed by atoms with van der Waals surface area (Å²) < 4.78 is 0. The van der Waals surface area contributed by atoms with Crippen molar-refractivity contribution in [2.45, 2.75) is 13.8 Å². The molecule has 0 radical (unpaired) electrons. The monoisotopic (exact) mass is 269 g/mol. The molecule has 0 fully saturated rings. The fourth-order valence-electron chi connectivity index (χ4n) is 1.35. The third-order valence-corrected chi connectivity index (χ3v) is 2.92. The molecule has 17 heavy (non-hydrogen) atoms. The van der Waals surface area contributed by atoms with Gasteiger partial charge in [-0.1, -0.05) is 23.2 Å². The fraction of sp³-hybridized carbons (Fsp3) is 0.182. The molecular formula is C11H9Cl2N3O. The molecule has 0 spiro atoms. The minimum atomic E-state index is -0.194. The Labute approximate surface area is 108 Å². The van der Waals surface area contributed by atoms with Crippen molar-refractivity contribution in [3.8, 4) is 11.5 Å². The number of aromatic nitrogens is 3. The standard InChI is InChI=1S/C11H9Cl2N3O/c1-5-6(2)15-10(16-11(5)17)9-8(13)3-7(12)4-14-9/h3-4H,1-2H3,(H,15,16,17). The smallest absolute Gasteiger partial charge is 0.254 e. The Morgan fingerprint density at radius 1 is 1.29 bits per heavy atom. The van der Waals surface area contributed by atoms with Gasteiger partial charge in [0.25, 0.3) is 5.56 Å². The van der Waals surface area contributed by atoms with Crippen molar-refractivity contribution in [1.29, 1.82) is 0 Å². The number of hydrogen-bond donors (Lipinski definition) is 1. The molecule has 0 aliphatic heterocycles. The highest BCUT2D eigenvalue weighted by Gasteiger charge is 2.11. The zero-order chi connectivity index (χ0) is 12.6. The second-order valence-corrected chi connectivity index (χ2v) is 4.45. The third kappa shape index (κ3) is 2.33. The molecule has 0 atom stereocenters. The van der Waals surface area contributed by atoms with Crippen LogP contribution in [0.2, 0.25) is 10.0 Å². The van der Waals surface area contributed by atoms with Crippen LogP contribution < -0.4 is 5.56 Å². The highest BCUT2D eigenvalue weighted by atomic mass is 35.5. The maximum atomic E-state index is 11.6. The second kappa shape index (κ2) is 4.47. The summed E-state index contributed by atoms with van der Waals surface area (Å²) in [6.07, 6.45) is 1.46. The van der Waals surface area contributed by atoms with E-state index in [1.807, 2.05) is 0 Å². The maximum absolute atomic E-state index is 11.6. The first-order chi connectivity index (χ1) is 7.99. The summed E-state index contributed by atoms with van der Waals surface area (Å²) in [7, 11) is 0. The summed E-state index contributed by atoms with van der Waals surface area (Å²) in [5.41, 5.74) is 1.45. The van der Waals surface area contributed by atoms with Crippen molar-refractivity contribution >= 4 is 23.2 Å². The van der Waals surface area contributed by atoms with Gasteiger partial charge in [0.15, 0.2) is 5.82 Å². The van der Waals surface area contributed by atoms with Gasteiger partial charge in [-0.25, -0.2) is 9.97 Å². The Hall–Kier alpha value is -1.39. The average molecular weight is 270 g/mol. The topological polar surface area (TPSA) is 58.6 Å². The summed E-state index contributed by atoms with van der Waals surface area (Å²) in [6.45, 7) is 3.47. The number of hydrogen-bond acceptors (Lipinski definition) is 3. The summed E-state index contributed by atoms with van der Waals surface area (Å²) in [5.74, 6) is 0.347. The first-order valence-corrected chi connectivity index (χ1v) is 5.63. The molecule has 2 heterocycles. The zero-order valence-electron chi connectivity index (χ0n) is 9.21. The number of nitrogens with one attached hydrogen (secondary N) is 1. The van der Waals surface area contributed by atoms with Gasteiger partial charge in [0.05, 0.1) is 10.0 Å². The highest BCUT2D eigenvalue weighted by molar-refractivity contribution is 6.35. The number of nitrogens with zero attached hydrogens (tertiary/aromatic N) is 2. The van der Waals surface area contributed by atoms with Gasteiger partial charge in [0, 0.05) is 17.5 Å². The molecule has 2 rings (SSSR count). The van der Waals surface area contributed by atoms with E-state index in [0.29, 0.717) is 32.8 Å². The Kier molecular flexibility index (Phi) is 3.17. The van der Waals surface area contributed by atoms with Crippen molar-refractivity contribution in [2.75, 3.05) is 0 Å². The van der Waals surface area contributed by atoms with Crippen LogP contribution in [0.4, 0.5) is 0 Å². The van der Waals surface area contributed by atoms with Gasteiger partial charge >= 0.3 is 0 Å². The summed E-state index contributed by atoms with van der Waals surface area (Å²) in [4.78, 5) is 22.6. The van der Waals surface area contributed by atoms with Crippen LogP contribution in [0, 0.1) is 13.8 Å². The van der Waals surface area contributed by atoms with Crippen molar-refractivity contribution in [2.24, 2.45) is 0 Å². The van der Waals surface area contributed by atoms with Crippen LogP contribution in [0.1, 0.15) is 11.3 Å². The van der Waals surface area contributed by atoms with E-state index in [2.05, 4.69) is 15.0 Å². The molecule has 0 saturated carbocycles. The molecule has 0 aromatic carbocycles. The molecule has 4 nitrogen and oxygen atoms in total. The zero-order valence-corrected chi connectivity index (χ0v) is 10.7. The molecule has 2 aromatic heterocycles. The highest BCUT2D eigenvalue weighted by Crippen LogP contribution is 2.24. The molecule has 1 N–H and O–H groups in total. The van der Waals surface area contributed by atoms with Gasteiger partial charge in [0.2, 0.25) is 0 Å². The average Bonchev–Trinajstić information content (AvgIpc) is 2.25. The molecule has 6 heteroatoms. The number of halogens is 2. The van der Waals surface area contributed by atoms with Crippen LogP contribution >= 0.6 is 23.2 Å². The van der Waals surface area contributed by atoms with Crippen LogP contribution in [0.5, 0.6) is 0 Å². The molecule has 0 saturated heterocycles. The van der Waals surface area contributed by atoms with E-state index in [9.17, 15) is 4.79 Å². The first-order valence-electron chi connectivity index (χ1n) is 4.88. The van der Waals surface area contributed by atoms with Gasteiger partial charge in [-0.2, -0.15) is 0 Å².